The summed E-state index contributed by atoms with van der Waals surface area (Å²) in [4.78, 5) is 3.92. The highest BCUT2D eigenvalue weighted by Crippen LogP contribution is 2.31. The summed E-state index contributed by atoms with van der Waals surface area (Å²) in [6, 6.07) is 10.9. The van der Waals surface area contributed by atoms with Crippen LogP contribution in [0.2, 0.25) is 0 Å². The molecular formula is C16H21NOS. The Morgan fingerprint density at radius 1 is 1.37 bits per heavy atom. The first-order valence-electron chi connectivity index (χ1n) is 6.99. The summed E-state index contributed by atoms with van der Waals surface area (Å²) in [6.45, 7) is 5.69. The predicted octanol–water partition coefficient (Wildman–Crippen LogP) is 3.50. The van der Waals surface area contributed by atoms with E-state index in [1.165, 1.54) is 21.4 Å². The number of piperidine rings is 1. The minimum absolute atomic E-state index is 0.0922. The summed E-state index contributed by atoms with van der Waals surface area (Å²) in [6.07, 6.45) is 2.34. The number of aliphatic hydroxyl groups is 1. The largest absolute Gasteiger partial charge is 0.396 e. The number of benzene rings is 1. The lowest BCUT2D eigenvalue weighted by atomic mass is 9.83. The number of thiophene rings is 1. The van der Waals surface area contributed by atoms with Crippen molar-refractivity contribution in [2.75, 3.05) is 19.7 Å². The van der Waals surface area contributed by atoms with Crippen molar-refractivity contribution in [3.05, 3.63) is 35.2 Å². The fourth-order valence-electron chi connectivity index (χ4n) is 3.03. The van der Waals surface area contributed by atoms with Crippen LogP contribution in [-0.4, -0.2) is 29.7 Å². The number of nitrogens with zero attached hydrogens (tertiary/aromatic N) is 1. The molecule has 0 aliphatic carbocycles. The first-order chi connectivity index (χ1) is 9.18. The molecule has 3 heteroatoms. The maximum atomic E-state index is 9.52. The Kier molecular flexibility index (Phi) is 3.61. The molecule has 1 aliphatic rings. The molecule has 0 saturated carbocycles. The van der Waals surface area contributed by atoms with Gasteiger partial charge in [-0.05, 0) is 36.9 Å². The molecule has 1 saturated heterocycles. The van der Waals surface area contributed by atoms with Crippen LogP contribution in [0.3, 0.4) is 0 Å². The Balaban J connectivity index is 1.74. The molecule has 1 fully saturated rings. The van der Waals surface area contributed by atoms with Crippen LogP contribution in [0, 0.1) is 5.41 Å². The minimum Gasteiger partial charge on any atom is -0.396 e. The van der Waals surface area contributed by atoms with E-state index >= 15 is 0 Å². The lowest BCUT2D eigenvalue weighted by Gasteiger charge is -2.39. The molecule has 0 amide bonds. The Morgan fingerprint density at radius 3 is 3.00 bits per heavy atom. The van der Waals surface area contributed by atoms with Crippen molar-refractivity contribution in [1.82, 2.24) is 4.90 Å². The first-order valence-corrected chi connectivity index (χ1v) is 7.81. The monoisotopic (exact) mass is 275 g/mol. The van der Waals surface area contributed by atoms with E-state index in [-0.39, 0.29) is 5.41 Å². The summed E-state index contributed by atoms with van der Waals surface area (Å²) in [7, 11) is 0. The zero-order chi connectivity index (χ0) is 13.3. The van der Waals surface area contributed by atoms with Crippen molar-refractivity contribution in [2.45, 2.75) is 26.3 Å². The van der Waals surface area contributed by atoms with Gasteiger partial charge in [-0.1, -0.05) is 25.1 Å². The van der Waals surface area contributed by atoms with Gasteiger partial charge in [-0.25, -0.2) is 0 Å². The van der Waals surface area contributed by atoms with E-state index in [2.05, 4.69) is 42.2 Å². The van der Waals surface area contributed by atoms with E-state index in [4.69, 9.17) is 0 Å². The summed E-state index contributed by atoms with van der Waals surface area (Å²) in [5, 5.41) is 10.9. The van der Waals surface area contributed by atoms with E-state index in [1.807, 2.05) is 11.3 Å². The van der Waals surface area contributed by atoms with Crippen LogP contribution in [0.5, 0.6) is 0 Å². The highest BCUT2D eigenvalue weighted by atomic mass is 32.1. The van der Waals surface area contributed by atoms with Crippen molar-refractivity contribution in [3.8, 4) is 0 Å². The van der Waals surface area contributed by atoms with Crippen LogP contribution in [0.25, 0.3) is 10.1 Å². The lowest BCUT2D eigenvalue weighted by molar-refractivity contribution is 0.0434. The third-order valence-corrected chi connectivity index (χ3v) is 5.20. The zero-order valence-electron chi connectivity index (χ0n) is 11.4. The molecular weight excluding hydrogens is 254 g/mol. The van der Waals surface area contributed by atoms with Crippen LogP contribution in [0.15, 0.2) is 30.3 Å². The van der Waals surface area contributed by atoms with Gasteiger partial charge in [-0.2, -0.15) is 0 Å². The van der Waals surface area contributed by atoms with Crippen LogP contribution in [0.1, 0.15) is 24.6 Å². The van der Waals surface area contributed by atoms with Gasteiger partial charge in [0, 0.05) is 34.7 Å². The topological polar surface area (TPSA) is 23.5 Å². The van der Waals surface area contributed by atoms with Crippen LogP contribution >= 0.6 is 11.3 Å². The van der Waals surface area contributed by atoms with Gasteiger partial charge in [-0.3, -0.25) is 4.90 Å². The molecule has 3 rings (SSSR count). The third kappa shape index (κ3) is 2.83. The summed E-state index contributed by atoms with van der Waals surface area (Å²) in [5.41, 5.74) is 0.0922. The van der Waals surface area contributed by atoms with E-state index in [9.17, 15) is 5.11 Å². The molecule has 19 heavy (non-hydrogen) atoms. The Morgan fingerprint density at radius 2 is 2.21 bits per heavy atom. The van der Waals surface area contributed by atoms with Gasteiger partial charge in [0.25, 0.3) is 0 Å². The van der Waals surface area contributed by atoms with Crippen molar-refractivity contribution >= 4 is 21.4 Å². The summed E-state index contributed by atoms with van der Waals surface area (Å²) >= 11 is 1.89. The number of fused-ring (bicyclic) bond motifs is 1. The van der Waals surface area contributed by atoms with Crippen molar-refractivity contribution in [1.29, 1.82) is 0 Å². The molecule has 102 valence electrons. The van der Waals surface area contributed by atoms with E-state index in [1.54, 1.807) is 0 Å². The molecule has 1 N–H and O–H groups in total. The molecule has 2 aromatic rings. The number of hydrogen-bond donors (Lipinski definition) is 1. The highest BCUT2D eigenvalue weighted by Gasteiger charge is 2.30. The maximum absolute atomic E-state index is 9.52. The molecule has 0 radical (unpaired) electrons. The average molecular weight is 275 g/mol. The van der Waals surface area contributed by atoms with E-state index in [0.29, 0.717) is 6.61 Å². The molecule has 0 bridgehead atoms. The second-order valence-corrected chi connectivity index (χ2v) is 7.20. The Hall–Kier alpha value is -0.900. The van der Waals surface area contributed by atoms with Gasteiger partial charge in [0.15, 0.2) is 0 Å². The molecule has 1 aromatic heterocycles. The smallest absolute Gasteiger partial charge is 0.0497 e. The number of hydrogen-bond acceptors (Lipinski definition) is 3. The van der Waals surface area contributed by atoms with E-state index < -0.39 is 0 Å². The standard InChI is InChI=1S/C16H21NOS/c1-16(12-18)7-4-8-17(11-16)10-14-9-13-5-2-3-6-15(13)19-14/h2-3,5-6,9,18H,4,7-8,10-12H2,1H3/t16-/m0/s1. The van der Waals surface area contributed by atoms with Gasteiger partial charge in [-0.15, -0.1) is 11.3 Å². The highest BCUT2D eigenvalue weighted by molar-refractivity contribution is 7.19. The molecule has 0 spiro atoms. The number of likely N-dealkylation sites (tertiary alicyclic amines) is 1. The normalized spacial score (nSPS) is 24.9. The van der Waals surface area contributed by atoms with Crippen molar-refractivity contribution in [2.24, 2.45) is 5.41 Å². The molecule has 1 aliphatic heterocycles. The molecule has 2 nitrogen and oxygen atoms in total. The molecule has 1 atom stereocenters. The van der Waals surface area contributed by atoms with Crippen molar-refractivity contribution in [3.63, 3.8) is 0 Å². The summed E-state index contributed by atoms with van der Waals surface area (Å²) in [5.74, 6) is 0. The molecule has 2 heterocycles. The van der Waals surface area contributed by atoms with Gasteiger partial charge in [0.05, 0.1) is 0 Å². The van der Waals surface area contributed by atoms with Crippen molar-refractivity contribution < 1.29 is 5.11 Å². The SMILES string of the molecule is C[C@]1(CO)CCCN(Cc2cc3ccccc3s2)C1. The number of rotatable bonds is 3. The second kappa shape index (κ2) is 5.23. The van der Waals surface area contributed by atoms with Crippen LogP contribution in [0.4, 0.5) is 0 Å². The minimum atomic E-state index is 0.0922. The van der Waals surface area contributed by atoms with Gasteiger partial charge in [0.1, 0.15) is 0 Å². The Bertz CT molecular complexity index is 532. The number of aliphatic hydroxyl groups excluding tert-OH is 1. The fourth-order valence-corrected chi connectivity index (χ4v) is 4.13. The van der Waals surface area contributed by atoms with Crippen LogP contribution in [-0.2, 0) is 6.54 Å². The van der Waals surface area contributed by atoms with Gasteiger partial charge < -0.3 is 5.11 Å². The van der Waals surface area contributed by atoms with E-state index in [0.717, 1.165) is 26.1 Å². The molecule has 0 unspecified atom stereocenters. The first kappa shape index (κ1) is 13.1. The third-order valence-electron chi connectivity index (χ3n) is 4.10. The fraction of sp³-hybridized carbons (Fsp3) is 0.500. The predicted molar refractivity (Wildman–Crippen MR) is 81.5 cm³/mol. The Labute approximate surface area is 118 Å². The zero-order valence-corrected chi connectivity index (χ0v) is 12.2. The molecule has 1 aromatic carbocycles. The second-order valence-electron chi connectivity index (χ2n) is 6.03. The maximum Gasteiger partial charge on any atom is 0.0497 e. The summed E-state index contributed by atoms with van der Waals surface area (Å²) < 4.78 is 1.37. The van der Waals surface area contributed by atoms with Gasteiger partial charge >= 0.3 is 0 Å². The van der Waals surface area contributed by atoms with Crippen LogP contribution < -0.4 is 0 Å². The van der Waals surface area contributed by atoms with Gasteiger partial charge in [0.2, 0.25) is 0 Å². The average Bonchev–Trinajstić information content (AvgIpc) is 2.81. The quantitative estimate of drug-likeness (QED) is 0.927. The lowest BCUT2D eigenvalue weighted by Crippen LogP contribution is -2.42.